The summed E-state index contributed by atoms with van der Waals surface area (Å²) in [5.41, 5.74) is 4.44. The van der Waals surface area contributed by atoms with Gasteiger partial charge in [-0.25, -0.2) is 0 Å². The van der Waals surface area contributed by atoms with Gasteiger partial charge in [0.05, 0.1) is 6.04 Å². The predicted molar refractivity (Wildman–Crippen MR) is 76.2 cm³/mol. The molecule has 0 aliphatic carbocycles. The number of benzene rings is 2. The number of carbonyl (C=O) groups is 1. The summed E-state index contributed by atoms with van der Waals surface area (Å²) in [6, 6.07) is 16.5. The van der Waals surface area contributed by atoms with E-state index >= 15 is 0 Å². The first kappa shape index (κ1) is 12.0. The Bertz CT molecular complexity index is 633. The van der Waals surface area contributed by atoms with Crippen LogP contribution in [0.25, 0.3) is 0 Å². The number of nitrogens with zero attached hydrogens (tertiary/aromatic N) is 1. The maximum atomic E-state index is 12.4. The summed E-state index contributed by atoms with van der Waals surface area (Å²) in [5, 5.41) is 0. The number of amides is 1. The van der Waals surface area contributed by atoms with Gasteiger partial charge in [-0.15, -0.1) is 0 Å². The topological polar surface area (TPSA) is 20.3 Å². The van der Waals surface area contributed by atoms with Crippen molar-refractivity contribution < 1.29 is 4.79 Å². The summed E-state index contributed by atoms with van der Waals surface area (Å²) >= 11 is 0. The number of aryl methyl sites for hydroxylation is 1. The van der Waals surface area contributed by atoms with Crippen molar-refractivity contribution in [2.75, 3.05) is 7.05 Å². The molecule has 96 valence electrons. The summed E-state index contributed by atoms with van der Waals surface area (Å²) in [6.45, 7) is 2.09. The number of rotatable bonds is 1. The lowest BCUT2D eigenvalue weighted by Gasteiger charge is -2.34. The molecular formula is C17H17NO. The number of carbonyl (C=O) groups excluding carboxylic acids is 1. The Labute approximate surface area is 113 Å². The second kappa shape index (κ2) is 4.54. The van der Waals surface area contributed by atoms with E-state index in [4.69, 9.17) is 0 Å². The van der Waals surface area contributed by atoms with Crippen LogP contribution in [0.5, 0.6) is 0 Å². The van der Waals surface area contributed by atoms with Crippen molar-refractivity contribution in [3.8, 4) is 0 Å². The average molecular weight is 251 g/mol. The average Bonchev–Trinajstić information content (AvgIpc) is 2.43. The number of hydrogen-bond acceptors (Lipinski definition) is 1. The van der Waals surface area contributed by atoms with E-state index in [1.807, 2.05) is 30.1 Å². The molecule has 0 saturated carbocycles. The lowest BCUT2D eigenvalue weighted by Crippen LogP contribution is -2.37. The maximum Gasteiger partial charge on any atom is 0.254 e. The summed E-state index contributed by atoms with van der Waals surface area (Å²) in [6.07, 6.45) is 0.891. The van der Waals surface area contributed by atoms with Crippen LogP contribution in [-0.2, 0) is 6.42 Å². The first-order chi connectivity index (χ1) is 9.16. The fourth-order valence-corrected chi connectivity index (χ4v) is 2.80. The Morgan fingerprint density at radius 1 is 1.11 bits per heavy atom. The monoisotopic (exact) mass is 251 g/mol. The van der Waals surface area contributed by atoms with Crippen LogP contribution in [0.15, 0.2) is 48.5 Å². The largest absolute Gasteiger partial charge is 0.334 e. The molecule has 0 aromatic heterocycles. The third-order valence-electron chi connectivity index (χ3n) is 3.88. The van der Waals surface area contributed by atoms with Crippen molar-refractivity contribution in [1.82, 2.24) is 4.90 Å². The van der Waals surface area contributed by atoms with Gasteiger partial charge in [-0.3, -0.25) is 4.79 Å². The highest BCUT2D eigenvalue weighted by molar-refractivity contribution is 5.97. The quantitative estimate of drug-likeness (QED) is 0.761. The highest BCUT2D eigenvalue weighted by Gasteiger charge is 2.30. The molecule has 1 aliphatic rings. The van der Waals surface area contributed by atoms with Gasteiger partial charge >= 0.3 is 0 Å². The van der Waals surface area contributed by atoms with E-state index in [1.54, 1.807) is 0 Å². The molecule has 1 unspecified atom stereocenters. The fourth-order valence-electron chi connectivity index (χ4n) is 2.80. The zero-order chi connectivity index (χ0) is 13.4. The summed E-state index contributed by atoms with van der Waals surface area (Å²) in [5.74, 6) is 0.119. The highest BCUT2D eigenvalue weighted by Crippen LogP contribution is 2.32. The van der Waals surface area contributed by atoms with Gasteiger partial charge < -0.3 is 4.90 Å². The number of likely N-dealkylation sites (N-methyl/N-ethyl adjacent to an activating group) is 1. The van der Waals surface area contributed by atoms with E-state index in [9.17, 15) is 4.79 Å². The van der Waals surface area contributed by atoms with E-state index in [0.29, 0.717) is 0 Å². The molecule has 2 nitrogen and oxygen atoms in total. The highest BCUT2D eigenvalue weighted by atomic mass is 16.2. The van der Waals surface area contributed by atoms with Gasteiger partial charge in [0.1, 0.15) is 0 Å². The van der Waals surface area contributed by atoms with E-state index in [1.165, 1.54) is 11.1 Å². The molecule has 0 bridgehead atoms. The van der Waals surface area contributed by atoms with Crippen molar-refractivity contribution in [2.24, 2.45) is 0 Å². The molecule has 1 atom stereocenters. The second-order valence-electron chi connectivity index (χ2n) is 5.21. The molecule has 0 spiro atoms. The van der Waals surface area contributed by atoms with Crippen LogP contribution in [0.2, 0.25) is 0 Å². The van der Waals surface area contributed by atoms with Crippen LogP contribution in [0, 0.1) is 6.92 Å². The van der Waals surface area contributed by atoms with Crippen LogP contribution < -0.4 is 0 Å². The van der Waals surface area contributed by atoms with Gasteiger partial charge in [-0.1, -0.05) is 48.0 Å². The Morgan fingerprint density at radius 2 is 1.89 bits per heavy atom. The summed E-state index contributed by atoms with van der Waals surface area (Å²) in [7, 11) is 1.89. The molecule has 0 radical (unpaired) electrons. The first-order valence-electron chi connectivity index (χ1n) is 6.58. The van der Waals surface area contributed by atoms with Crippen LogP contribution in [0.4, 0.5) is 0 Å². The van der Waals surface area contributed by atoms with Crippen molar-refractivity contribution in [3.05, 3.63) is 70.8 Å². The van der Waals surface area contributed by atoms with Crippen LogP contribution >= 0.6 is 0 Å². The lowest BCUT2D eigenvalue weighted by molar-refractivity contribution is 0.0705. The Hall–Kier alpha value is -2.09. The molecular weight excluding hydrogens is 234 g/mol. The zero-order valence-corrected chi connectivity index (χ0v) is 11.3. The minimum atomic E-state index is 0.119. The molecule has 2 aromatic rings. The van der Waals surface area contributed by atoms with E-state index in [-0.39, 0.29) is 11.9 Å². The Balaban J connectivity index is 2.04. The van der Waals surface area contributed by atoms with Crippen molar-refractivity contribution in [1.29, 1.82) is 0 Å². The molecule has 0 N–H and O–H groups in total. The smallest absolute Gasteiger partial charge is 0.254 e. The molecule has 1 heterocycles. The Kier molecular flexibility index (Phi) is 2.86. The lowest BCUT2D eigenvalue weighted by atomic mass is 9.89. The van der Waals surface area contributed by atoms with E-state index in [0.717, 1.165) is 17.5 Å². The van der Waals surface area contributed by atoms with Crippen molar-refractivity contribution in [3.63, 3.8) is 0 Å². The van der Waals surface area contributed by atoms with Gasteiger partial charge in [0.2, 0.25) is 0 Å². The SMILES string of the molecule is Cc1cccc(C2Cc3ccccc3C(=O)N2C)c1. The van der Waals surface area contributed by atoms with Crippen molar-refractivity contribution in [2.45, 2.75) is 19.4 Å². The molecule has 1 amide bonds. The van der Waals surface area contributed by atoms with Gasteiger partial charge in [0, 0.05) is 12.6 Å². The first-order valence-corrected chi connectivity index (χ1v) is 6.58. The molecule has 0 saturated heterocycles. The van der Waals surface area contributed by atoms with Gasteiger partial charge in [-0.2, -0.15) is 0 Å². The minimum absolute atomic E-state index is 0.119. The minimum Gasteiger partial charge on any atom is -0.334 e. The maximum absolute atomic E-state index is 12.4. The molecule has 2 heteroatoms. The second-order valence-corrected chi connectivity index (χ2v) is 5.21. The van der Waals surface area contributed by atoms with Crippen LogP contribution in [-0.4, -0.2) is 17.9 Å². The standard InChI is InChI=1S/C17H17NO/c1-12-6-5-8-14(10-12)16-11-13-7-3-4-9-15(13)17(19)18(16)2/h3-10,16H,11H2,1-2H3. The molecule has 3 rings (SSSR count). The van der Waals surface area contributed by atoms with Crippen LogP contribution in [0.1, 0.15) is 33.1 Å². The summed E-state index contributed by atoms with van der Waals surface area (Å²) in [4.78, 5) is 14.3. The van der Waals surface area contributed by atoms with Gasteiger partial charge in [0.25, 0.3) is 5.91 Å². The molecule has 1 aliphatic heterocycles. The number of hydrogen-bond donors (Lipinski definition) is 0. The predicted octanol–water partition coefficient (Wildman–Crippen LogP) is 3.36. The van der Waals surface area contributed by atoms with Crippen LogP contribution in [0.3, 0.4) is 0 Å². The molecule has 0 fully saturated rings. The zero-order valence-electron chi connectivity index (χ0n) is 11.3. The van der Waals surface area contributed by atoms with E-state index < -0.39 is 0 Å². The van der Waals surface area contributed by atoms with Gasteiger partial charge in [-0.05, 0) is 30.5 Å². The molecule has 2 aromatic carbocycles. The fraction of sp³-hybridized carbons (Fsp3) is 0.235. The molecule has 19 heavy (non-hydrogen) atoms. The Morgan fingerprint density at radius 3 is 2.68 bits per heavy atom. The third-order valence-corrected chi connectivity index (χ3v) is 3.88. The van der Waals surface area contributed by atoms with Gasteiger partial charge in [0.15, 0.2) is 0 Å². The third kappa shape index (κ3) is 2.03. The number of fused-ring (bicyclic) bond motifs is 1. The summed E-state index contributed by atoms with van der Waals surface area (Å²) < 4.78 is 0. The van der Waals surface area contributed by atoms with Crippen molar-refractivity contribution >= 4 is 5.91 Å². The normalized spacial score (nSPS) is 18.3. The van der Waals surface area contributed by atoms with E-state index in [2.05, 4.69) is 37.3 Å².